The highest BCUT2D eigenvalue weighted by atomic mass is 32.2. The smallest absolute Gasteiger partial charge is 0.252 e. The summed E-state index contributed by atoms with van der Waals surface area (Å²) in [6.07, 6.45) is 5.68. The summed E-state index contributed by atoms with van der Waals surface area (Å²) in [6, 6.07) is 6.30. The van der Waals surface area contributed by atoms with Gasteiger partial charge in [0, 0.05) is 12.6 Å². The molecule has 3 N–H and O–H groups in total. The molecule has 1 aromatic rings. The SMILES string of the molecule is CC(C)S(=O)(=O)c1ccccc1C(=O)NC(CN)C1CCCCC1. The Morgan fingerprint density at radius 2 is 1.83 bits per heavy atom. The van der Waals surface area contributed by atoms with Gasteiger partial charge in [0.25, 0.3) is 5.91 Å². The van der Waals surface area contributed by atoms with Crippen LogP contribution in [0.1, 0.15) is 56.3 Å². The fourth-order valence-electron chi connectivity index (χ4n) is 3.31. The predicted molar refractivity (Wildman–Crippen MR) is 95.6 cm³/mol. The van der Waals surface area contributed by atoms with E-state index in [9.17, 15) is 13.2 Å². The van der Waals surface area contributed by atoms with E-state index in [4.69, 9.17) is 5.73 Å². The number of nitrogens with two attached hydrogens (primary N) is 1. The largest absolute Gasteiger partial charge is 0.348 e. The fourth-order valence-corrected chi connectivity index (χ4v) is 4.55. The highest BCUT2D eigenvalue weighted by Gasteiger charge is 2.28. The Kier molecular flexibility index (Phi) is 6.40. The topological polar surface area (TPSA) is 89.3 Å². The zero-order valence-electron chi connectivity index (χ0n) is 14.5. The molecular weight excluding hydrogens is 324 g/mol. The lowest BCUT2D eigenvalue weighted by Crippen LogP contribution is -2.46. The van der Waals surface area contributed by atoms with Crippen molar-refractivity contribution >= 4 is 15.7 Å². The Balaban J connectivity index is 2.23. The van der Waals surface area contributed by atoms with Crippen LogP contribution in [0.25, 0.3) is 0 Å². The molecule has 0 radical (unpaired) electrons. The van der Waals surface area contributed by atoms with E-state index in [2.05, 4.69) is 5.32 Å². The van der Waals surface area contributed by atoms with Crippen molar-refractivity contribution in [1.29, 1.82) is 0 Å². The van der Waals surface area contributed by atoms with E-state index in [1.807, 2.05) is 0 Å². The van der Waals surface area contributed by atoms with Crippen molar-refractivity contribution < 1.29 is 13.2 Å². The summed E-state index contributed by atoms with van der Waals surface area (Å²) in [5.74, 6) is 0.0254. The van der Waals surface area contributed by atoms with Gasteiger partial charge in [-0.15, -0.1) is 0 Å². The van der Waals surface area contributed by atoms with Gasteiger partial charge < -0.3 is 11.1 Å². The molecule has 1 aliphatic carbocycles. The minimum atomic E-state index is -3.51. The quantitative estimate of drug-likeness (QED) is 0.823. The average molecular weight is 353 g/mol. The number of nitrogens with one attached hydrogen (secondary N) is 1. The van der Waals surface area contributed by atoms with Crippen molar-refractivity contribution in [3.05, 3.63) is 29.8 Å². The van der Waals surface area contributed by atoms with Gasteiger partial charge in [-0.2, -0.15) is 0 Å². The second kappa shape index (κ2) is 8.12. The van der Waals surface area contributed by atoms with Gasteiger partial charge in [0.15, 0.2) is 9.84 Å². The first-order valence-corrected chi connectivity index (χ1v) is 10.3. The van der Waals surface area contributed by atoms with Gasteiger partial charge in [-0.3, -0.25) is 4.79 Å². The summed E-state index contributed by atoms with van der Waals surface area (Å²) >= 11 is 0. The van der Waals surface area contributed by atoms with E-state index in [0.29, 0.717) is 12.5 Å². The van der Waals surface area contributed by atoms with Gasteiger partial charge >= 0.3 is 0 Å². The summed E-state index contributed by atoms with van der Waals surface area (Å²) in [5, 5.41) is 2.40. The Bertz CT molecular complexity index is 665. The van der Waals surface area contributed by atoms with E-state index in [-0.39, 0.29) is 22.4 Å². The molecule has 2 rings (SSSR count). The summed E-state index contributed by atoms with van der Waals surface area (Å²) in [6.45, 7) is 3.61. The maximum atomic E-state index is 12.7. The number of carbonyl (C=O) groups is 1. The van der Waals surface area contributed by atoms with Crippen LogP contribution in [0.4, 0.5) is 0 Å². The Hall–Kier alpha value is -1.40. The van der Waals surface area contributed by atoms with Crippen LogP contribution in [-0.2, 0) is 9.84 Å². The summed E-state index contributed by atoms with van der Waals surface area (Å²) in [7, 11) is -3.51. The first-order valence-electron chi connectivity index (χ1n) is 8.71. The lowest BCUT2D eigenvalue weighted by molar-refractivity contribution is 0.0912. The molecule has 1 amide bonds. The van der Waals surface area contributed by atoms with Crippen LogP contribution in [0.3, 0.4) is 0 Å². The van der Waals surface area contributed by atoms with Crippen LogP contribution in [0.5, 0.6) is 0 Å². The zero-order chi connectivity index (χ0) is 17.7. The minimum Gasteiger partial charge on any atom is -0.348 e. The molecule has 0 bridgehead atoms. The lowest BCUT2D eigenvalue weighted by atomic mass is 9.84. The fraction of sp³-hybridized carbons (Fsp3) is 0.611. The maximum Gasteiger partial charge on any atom is 0.252 e. The summed E-state index contributed by atoms with van der Waals surface area (Å²) in [4.78, 5) is 12.8. The number of benzene rings is 1. The van der Waals surface area contributed by atoms with E-state index in [1.165, 1.54) is 12.5 Å². The third kappa shape index (κ3) is 4.16. The van der Waals surface area contributed by atoms with Crippen molar-refractivity contribution in [2.45, 2.75) is 62.1 Å². The zero-order valence-corrected chi connectivity index (χ0v) is 15.3. The highest BCUT2D eigenvalue weighted by molar-refractivity contribution is 7.92. The molecule has 24 heavy (non-hydrogen) atoms. The minimum absolute atomic E-state index is 0.0944. The predicted octanol–water partition coefficient (Wildman–Crippen LogP) is 2.51. The molecule has 0 saturated heterocycles. The number of rotatable bonds is 6. The Labute approximate surface area is 144 Å². The van der Waals surface area contributed by atoms with Gasteiger partial charge in [-0.25, -0.2) is 8.42 Å². The molecule has 0 aliphatic heterocycles. The number of hydrogen-bond acceptors (Lipinski definition) is 4. The van der Waals surface area contributed by atoms with Gasteiger partial charge in [-0.1, -0.05) is 31.4 Å². The molecular formula is C18H28N2O3S. The third-order valence-electron chi connectivity index (χ3n) is 4.85. The summed E-state index contributed by atoms with van der Waals surface area (Å²) in [5.41, 5.74) is 6.08. The molecule has 1 fully saturated rings. The second-order valence-corrected chi connectivity index (χ2v) is 9.28. The molecule has 0 heterocycles. The Morgan fingerprint density at radius 3 is 2.42 bits per heavy atom. The van der Waals surface area contributed by atoms with Crippen LogP contribution < -0.4 is 11.1 Å². The Morgan fingerprint density at radius 1 is 1.21 bits per heavy atom. The molecule has 0 spiro atoms. The summed E-state index contributed by atoms with van der Waals surface area (Å²) < 4.78 is 25.0. The molecule has 5 nitrogen and oxygen atoms in total. The first-order chi connectivity index (χ1) is 11.4. The van der Waals surface area contributed by atoms with Gasteiger partial charge in [0.1, 0.15) is 0 Å². The van der Waals surface area contributed by atoms with Crippen molar-refractivity contribution in [2.24, 2.45) is 11.7 Å². The van der Waals surface area contributed by atoms with Crippen LogP contribution in [0.15, 0.2) is 29.2 Å². The van der Waals surface area contributed by atoms with E-state index in [1.54, 1.807) is 32.0 Å². The van der Waals surface area contributed by atoms with Gasteiger partial charge in [0.2, 0.25) is 0 Å². The number of hydrogen-bond donors (Lipinski definition) is 2. The second-order valence-electron chi connectivity index (χ2n) is 6.80. The van der Waals surface area contributed by atoms with Crippen LogP contribution in [-0.4, -0.2) is 32.2 Å². The molecule has 134 valence electrons. The van der Waals surface area contributed by atoms with Crippen molar-refractivity contribution in [3.8, 4) is 0 Å². The molecule has 1 saturated carbocycles. The van der Waals surface area contributed by atoms with Crippen molar-refractivity contribution in [3.63, 3.8) is 0 Å². The van der Waals surface area contributed by atoms with Crippen molar-refractivity contribution in [2.75, 3.05) is 6.54 Å². The van der Waals surface area contributed by atoms with Crippen molar-refractivity contribution in [1.82, 2.24) is 5.32 Å². The highest BCUT2D eigenvalue weighted by Crippen LogP contribution is 2.27. The average Bonchev–Trinajstić information content (AvgIpc) is 2.60. The molecule has 0 aromatic heterocycles. The first kappa shape index (κ1) is 18.9. The maximum absolute atomic E-state index is 12.7. The third-order valence-corrected chi connectivity index (χ3v) is 7.06. The van der Waals surface area contributed by atoms with Gasteiger partial charge in [0.05, 0.1) is 15.7 Å². The molecule has 1 aromatic carbocycles. The molecule has 1 aliphatic rings. The monoisotopic (exact) mass is 352 g/mol. The van der Waals surface area contributed by atoms with Crippen LogP contribution in [0.2, 0.25) is 0 Å². The van der Waals surface area contributed by atoms with Crippen LogP contribution >= 0.6 is 0 Å². The number of sulfone groups is 1. The molecule has 1 atom stereocenters. The normalized spacial score (nSPS) is 17.7. The number of amides is 1. The lowest BCUT2D eigenvalue weighted by Gasteiger charge is -2.30. The molecule has 6 heteroatoms. The molecule has 1 unspecified atom stereocenters. The van der Waals surface area contributed by atoms with Gasteiger partial charge in [-0.05, 0) is 44.7 Å². The number of carbonyl (C=O) groups excluding carboxylic acids is 1. The standard InChI is InChI=1S/C18H28N2O3S/c1-13(2)24(22,23)17-11-7-6-10-15(17)18(21)20-16(12-19)14-8-4-3-5-9-14/h6-7,10-11,13-14,16H,3-5,8-9,12,19H2,1-2H3,(H,20,21). The van der Waals surface area contributed by atoms with E-state index < -0.39 is 15.1 Å². The van der Waals surface area contributed by atoms with E-state index >= 15 is 0 Å². The van der Waals surface area contributed by atoms with Crippen LogP contribution in [0, 0.1) is 5.92 Å². The van der Waals surface area contributed by atoms with E-state index in [0.717, 1.165) is 25.7 Å².